The minimum atomic E-state index is -1.06. The molecule has 0 bridgehead atoms. The second-order valence-corrected chi connectivity index (χ2v) is 9.81. The van der Waals surface area contributed by atoms with Crippen molar-refractivity contribution < 1.29 is 14.4 Å². The van der Waals surface area contributed by atoms with Crippen LogP contribution in [0.2, 0.25) is 5.02 Å². The lowest BCUT2D eigenvalue weighted by molar-refractivity contribution is -0.132. The number of halogens is 1. The number of nitrogens with zero attached hydrogens (tertiary/aromatic N) is 3. The second-order valence-electron chi connectivity index (χ2n) is 9.37. The maximum Gasteiger partial charge on any atom is 0.273 e. The molecule has 0 radical (unpaired) electrons. The molecule has 1 aromatic heterocycles. The van der Waals surface area contributed by atoms with Gasteiger partial charge in [0.1, 0.15) is 11.2 Å². The Morgan fingerprint density at radius 2 is 1.88 bits per heavy atom. The molecule has 8 nitrogen and oxygen atoms in total. The highest BCUT2D eigenvalue weighted by Crippen LogP contribution is 2.29. The van der Waals surface area contributed by atoms with Crippen LogP contribution < -0.4 is 10.6 Å². The quantitative estimate of drug-likeness (QED) is 0.537. The summed E-state index contributed by atoms with van der Waals surface area (Å²) in [6.45, 7) is 9.54. The molecule has 1 atom stereocenters. The first-order chi connectivity index (χ1) is 16.2. The van der Waals surface area contributed by atoms with Crippen molar-refractivity contribution in [3.05, 3.63) is 52.6 Å². The molecule has 1 aliphatic heterocycles. The van der Waals surface area contributed by atoms with Crippen LogP contribution in [0.4, 0.5) is 0 Å². The Labute approximate surface area is 206 Å². The molecule has 2 N–H and O–H groups in total. The third-order valence-electron chi connectivity index (χ3n) is 6.13. The molecule has 34 heavy (non-hydrogen) atoms. The standard InChI is InChI=1S/C25H34ClN5O3/c1-5-14-31-23(33)21-20(22(32)27-13-11-18-6-8-19(26)9-7-18)29-16-30(21)15-25(31,4)24(34)28-12-10-17(2)3/h6-9,16-17H,5,10-15H2,1-4H3,(H,27,32)(H,28,34)/t25-/m0/s1. The lowest BCUT2D eigenvalue weighted by atomic mass is 9.93. The zero-order chi connectivity index (χ0) is 24.9. The molecule has 0 saturated heterocycles. The number of fused-ring (bicyclic) bond motifs is 1. The van der Waals surface area contributed by atoms with Crippen LogP contribution in [0, 0.1) is 5.92 Å². The zero-order valence-corrected chi connectivity index (χ0v) is 21.1. The van der Waals surface area contributed by atoms with Gasteiger partial charge in [-0.05, 0) is 49.8 Å². The van der Waals surface area contributed by atoms with E-state index >= 15 is 0 Å². The van der Waals surface area contributed by atoms with Gasteiger partial charge in [0.25, 0.3) is 11.8 Å². The van der Waals surface area contributed by atoms with E-state index in [9.17, 15) is 14.4 Å². The first-order valence-electron chi connectivity index (χ1n) is 11.9. The van der Waals surface area contributed by atoms with E-state index in [2.05, 4.69) is 29.5 Å². The SMILES string of the molecule is CCCN1C(=O)c2c(C(=O)NCCc3ccc(Cl)cc3)ncn2C[C@@]1(C)C(=O)NCCC(C)C. The fourth-order valence-electron chi connectivity index (χ4n) is 4.15. The molecular formula is C25H34ClN5O3. The molecule has 1 aromatic carbocycles. The lowest BCUT2D eigenvalue weighted by Crippen LogP contribution is -2.64. The van der Waals surface area contributed by atoms with Crippen molar-refractivity contribution >= 4 is 29.3 Å². The highest BCUT2D eigenvalue weighted by molar-refractivity contribution is 6.30. The molecule has 0 aliphatic carbocycles. The zero-order valence-electron chi connectivity index (χ0n) is 20.4. The van der Waals surface area contributed by atoms with Gasteiger partial charge < -0.3 is 20.1 Å². The van der Waals surface area contributed by atoms with Crippen molar-refractivity contribution in [2.24, 2.45) is 5.92 Å². The Balaban J connectivity index is 1.75. The highest BCUT2D eigenvalue weighted by Gasteiger charge is 2.48. The van der Waals surface area contributed by atoms with Crippen LogP contribution >= 0.6 is 11.6 Å². The summed E-state index contributed by atoms with van der Waals surface area (Å²) in [6.07, 6.45) is 3.66. The summed E-state index contributed by atoms with van der Waals surface area (Å²) in [5, 5.41) is 6.50. The topological polar surface area (TPSA) is 96.3 Å². The van der Waals surface area contributed by atoms with Gasteiger partial charge in [0.05, 0.1) is 12.9 Å². The number of nitrogens with one attached hydrogen (secondary N) is 2. The number of benzene rings is 1. The molecule has 2 heterocycles. The van der Waals surface area contributed by atoms with E-state index in [0.29, 0.717) is 43.4 Å². The summed E-state index contributed by atoms with van der Waals surface area (Å²) < 4.78 is 1.63. The molecule has 2 aromatic rings. The molecule has 3 amide bonds. The van der Waals surface area contributed by atoms with Gasteiger partial charge >= 0.3 is 0 Å². The number of imidazole rings is 1. The summed E-state index contributed by atoms with van der Waals surface area (Å²) in [5.41, 5.74) is 0.301. The smallest absolute Gasteiger partial charge is 0.273 e. The monoisotopic (exact) mass is 487 g/mol. The Kier molecular flexibility index (Phi) is 8.36. The maximum absolute atomic E-state index is 13.5. The molecule has 9 heteroatoms. The van der Waals surface area contributed by atoms with Crippen LogP contribution in [0.15, 0.2) is 30.6 Å². The van der Waals surface area contributed by atoms with Crippen LogP contribution in [0.1, 0.15) is 67.1 Å². The Hall–Kier alpha value is -2.87. The molecule has 184 valence electrons. The van der Waals surface area contributed by atoms with Crippen molar-refractivity contribution in [3.8, 4) is 0 Å². The largest absolute Gasteiger partial charge is 0.354 e. The summed E-state index contributed by atoms with van der Waals surface area (Å²) in [5.74, 6) is -0.482. The fraction of sp³-hybridized carbons (Fsp3) is 0.520. The van der Waals surface area contributed by atoms with Crippen LogP contribution in [-0.4, -0.2) is 57.3 Å². The fourth-order valence-corrected chi connectivity index (χ4v) is 4.27. The lowest BCUT2D eigenvalue weighted by Gasteiger charge is -2.43. The molecular weight excluding hydrogens is 454 g/mol. The minimum Gasteiger partial charge on any atom is -0.354 e. The molecule has 0 saturated carbocycles. The minimum absolute atomic E-state index is 0.0875. The van der Waals surface area contributed by atoms with E-state index in [-0.39, 0.29) is 29.7 Å². The van der Waals surface area contributed by atoms with Crippen molar-refractivity contribution in [1.29, 1.82) is 0 Å². The average molecular weight is 488 g/mol. The molecule has 3 rings (SSSR count). The van der Waals surface area contributed by atoms with Crippen LogP contribution in [0.3, 0.4) is 0 Å². The van der Waals surface area contributed by atoms with Gasteiger partial charge in [0.15, 0.2) is 5.69 Å². The van der Waals surface area contributed by atoms with Crippen LogP contribution in [0.25, 0.3) is 0 Å². The van der Waals surface area contributed by atoms with Crippen molar-refractivity contribution in [3.63, 3.8) is 0 Å². The van der Waals surface area contributed by atoms with Gasteiger partial charge in [-0.2, -0.15) is 0 Å². The molecule has 1 aliphatic rings. The molecule has 0 fully saturated rings. The molecule has 0 unspecified atom stereocenters. The second kappa shape index (κ2) is 11.0. The van der Waals surface area contributed by atoms with Gasteiger partial charge in [0.2, 0.25) is 5.91 Å². The summed E-state index contributed by atoms with van der Waals surface area (Å²) in [4.78, 5) is 45.4. The highest BCUT2D eigenvalue weighted by atomic mass is 35.5. The number of hydrogen-bond donors (Lipinski definition) is 2. The number of amides is 3. The van der Waals surface area contributed by atoms with E-state index < -0.39 is 11.4 Å². The first-order valence-corrected chi connectivity index (χ1v) is 12.2. The van der Waals surface area contributed by atoms with Gasteiger partial charge in [-0.1, -0.05) is 44.5 Å². The molecule has 0 spiro atoms. The first kappa shape index (κ1) is 25.7. The van der Waals surface area contributed by atoms with Gasteiger partial charge in [-0.25, -0.2) is 4.98 Å². The van der Waals surface area contributed by atoms with Crippen molar-refractivity contribution in [1.82, 2.24) is 25.1 Å². The van der Waals surface area contributed by atoms with Crippen LogP contribution in [0.5, 0.6) is 0 Å². The van der Waals surface area contributed by atoms with Crippen LogP contribution in [-0.2, 0) is 17.8 Å². The Morgan fingerprint density at radius 1 is 1.18 bits per heavy atom. The van der Waals surface area contributed by atoms with Crippen molar-refractivity contribution in [2.75, 3.05) is 19.6 Å². The van der Waals surface area contributed by atoms with Crippen molar-refractivity contribution in [2.45, 2.75) is 59.0 Å². The van der Waals surface area contributed by atoms with E-state index in [1.54, 1.807) is 28.5 Å². The predicted octanol–water partition coefficient (Wildman–Crippen LogP) is 3.30. The number of aromatic nitrogens is 2. The van der Waals surface area contributed by atoms with Gasteiger partial charge in [-0.15, -0.1) is 0 Å². The number of carbonyl (C=O) groups is 3. The Bertz CT molecular complexity index is 1030. The number of hydrogen-bond acceptors (Lipinski definition) is 4. The van der Waals surface area contributed by atoms with Gasteiger partial charge in [-0.3, -0.25) is 14.4 Å². The number of carbonyl (C=O) groups excluding carboxylic acids is 3. The third-order valence-corrected chi connectivity index (χ3v) is 6.38. The average Bonchev–Trinajstić information content (AvgIpc) is 3.21. The summed E-state index contributed by atoms with van der Waals surface area (Å²) in [6, 6.07) is 7.43. The predicted molar refractivity (Wildman–Crippen MR) is 132 cm³/mol. The summed E-state index contributed by atoms with van der Waals surface area (Å²) >= 11 is 5.91. The van der Waals surface area contributed by atoms with E-state index in [1.807, 2.05) is 19.1 Å². The third kappa shape index (κ3) is 5.60. The number of rotatable bonds is 10. The van der Waals surface area contributed by atoms with E-state index in [0.717, 1.165) is 12.0 Å². The van der Waals surface area contributed by atoms with E-state index in [1.165, 1.54) is 6.33 Å². The normalized spacial score (nSPS) is 17.6. The Morgan fingerprint density at radius 3 is 2.53 bits per heavy atom. The van der Waals surface area contributed by atoms with Gasteiger partial charge in [0, 0.05) is 24.7 Å². The summed E-state index contributed by atoms with van der Waals surface area (Å²) in [7, 11) is 0. The van der Waals surface area contributed by atoms with E-state index in [4.69, 9.17) is 11.6 Å². The maximum atomic E-state index is 13.5.